The predicted molar refractivity (Wildman–Crippen MR) is 76.5 cm³/mol. The molecule has 3 atom stereocenters. The van der Waals surface area contributed by atoms with Crippen molar-refractivity contribution in [2.45, 2.75) is 58.4 Å². The van der Waals surface area contributed by atoms with E-state index >= 15 is 0 Å². The van der Waals surface area contributed by atoms with Gasteiger partial charge in [-0.25, -0.2) is 4.79 Å². The number of urea groups is 1. The number of hydrogen-bond donors (Lipinski definition) is 2. The van der Waals surface area contributed by atoms with Crippen LogP contribution >= 0.6 is 0 Å². The summed E-state index contributed by atoms with van der Waals surface area (Å²) >= 11 is 0. The lowest BCUT2D eigenvalue weighted by atomic mass is 9.82. The number of piperidine rings is 1. The highest BCUT2D eigenvalue weighted by Crippen LogP contribution is 2.30. The van der Waals surface area contributed by atoms with E-state index in [0.29, 0.717) is 25.4 Å². The molecule has 5 heteroatoms. The van der Waals surface area contributed by atoms with E-state index in [-0.39, 0.29) is 12.1 Å². The fourth-order valence-corrected chi connectivity index (χ4v) is 3.42. The Morgan fingerprint density at radius 1 is 1.30 bits per heavy atom. The highest BCUT2D eigenvalue weighted by molar-refractivity contribution is 5.78. The Hall–Kier alpha value is -1.26. The molecular weight excluding hydrogens is 256 g/mol. The number of nitrogens with one attached hydrogen (secondary N) is 1. The van der Waals surface area contributed by atoms with Crippen molar-refractivity contribution in [2.24, 2.45) is 11.3 Å². The van der Waals surface area contributed by atoms with Crippen LogP contribution in [0.1, 0.15) is 52.4 Å². The summed E-state index contributed by atoms with van der Waals surface area (Å²) in [6.45, 7) is 4.94. The van der Waals surface area contributed by atoms with Crippen molar-refractivity contribution in [1.82, 2.24) is 10.2 Å². The van der Waals surface area contributed by atoms with Crippen LogP contribution in [-0.2, 0) is 4.79 Å². The van der Waals surface area contributed by atoms with Gasteiger partial charge >= 0.3 is 12.0 Å². The van der Waals surface area contributed by atoms with Gasteiger partial charge in [0.05, 0.1) is 5.41 Å². The largest absolute Gasteiger partial charge is 0.481 e. The molecule has 1 saturated carbocycles. The summed E-state index contributed by atoms with van der Waals surface area (Å²) in [5.74, 6) is -0.138. The van der Waals surface area contributed by atoms with E-state index in [9.17, 15) is 14.7 Å². The zero-order valence-electron chi connectivity index (χ0n) is 12.5. The third-order valence-electron chi connectivity index (χ3n) is 4.76. The number of carboxylic acids is 1. The maximum Gasteiger partial charge on any atom is 0.317 e. The van der Waals surface area contributed by atoms with Gasteiger partial charge in [0.2, 0.25) is 0 Å². The molecule has 1 saturated heterocycles. The summed E-state index contributed by atoms with van der Waals surface area (Å²) in [4.78, 5) is 25.3. The third kappa shape index (κ3) is 3.44. The lowest BCUT2D eigenvalue weighted by Gasteiger charge is -2.38. The maximum absolute atomic E-state index is 12.3. The SMILES string of the molecule is CC1CCCC(NC(=O)N2CCCC(C)(C(=O)O)C2)C1. The van der Waals surface area contributed by atoms with Crippen molar-refractivity contribution in [1.29, 1.82) is 0 Å². The molecule has 0 radical (unpaired) electrons. The second-order valence-electron chi connectivity index (χ2n) is 6.81. The van der Waals surface area contributed by atoms with Crippen LogP contribution in [0.3, 0.4) is 0 Å². The van der Waals surface area contributed by atoms with E-state index < -0.39 is 11.4 Å². The number of carbonyl (C=O) groups is 2. The lowest BCUT2D eigenvalue weighted by molar-refractivity contribution is -0.150. The number of likely N-dealkylation sites (tertiary alicyclic amines) is 1. The van der Waals surface area contributed by atoms with Crippen molar-refractivity contribution < 1.29 is 14.7 Å². The Morgan fingerprint density at radius 3 is 2.70 bits per heavy atom. The Labute approximate surface area is 120 Å². The van der Waals surface area contributed by atoms with Crippen LogP contribution in [0.5, 0.6) is 0 Å². The van der Waals surface area contributed by atoms with Gasteiger partial charge in [0.1, 0.15) is 0 Å². The molecule has 0 spiro atoms. The fraction of sp³-hybridized carbons (Fsp3) is 0.867. The molecule has 20 heavy (non-hydrogen) atoms. The van der Waals surface area contributed by atoms with Crippen molar-refractivity contribution in [2.75, 3.05) is 13.1 Å². The van der Waals surface area contributed by atoms with E-state index in [4.69, 9.17) is 0 Å². The fourth-order valence-electron chi connectivity index (χ4n) is 3.42. The average molecular weight is 282 g/mol. The zero-order valence-corrected chi connectivity index (χ0v) is 12.5. The first-order valence-electron chi connectivity index (χ1n) is 7.69. The standard InChI is InChI=1S/C15H26N2O3/c1-11-5-3-6-12(9-11)16-14(20)17-8-4-7-15(2,10-17)13(18)19/h11-12H,3-10H2,1-2H3,(H,16,20)(H,18,19). The van der Waals surface area contributed by atoms with Crippen LogP contribution in [0, 0.1) is 11.3 Å². The summed E-state index contributed by atoms with van der Waals surface area (Å²) in [5.41, 5.74) is -0.796. The first kappa shape index (κ1) is 15.1. The third-order valence-corrected chi connectivity index (χ3v) is 4.76. The van der Waals surface area contributed by atoms with Crippen LogP contribution in [0.2, 0.25) is 0 Å². The number of amides is 2. The number of carbonyl (C=O) groups excluding carboxylic acids is 1. The van der Waals surface area contributed by atoms with Crippen LogP contribution in [0.25, 0.3) is 0 Å². The van der Waals surface area contributed by atoms with Gasteiger partial charge < -0.3 is 15.3 Å². The molecule has 2 amide bonds. The Bertz CT molecular complexity index is 385. The van der Waals surface area contributed by atoms with Crippen molar-refractivity contribution in [3.8, 4) is 0 Å². The molecule has 1 heterocycles. The number of rotatable bonds is 2. The summed E-state index contributed by atoms with van der Waals surface area (Å²) < 4.78 is 0. The molecule has 1 aliphatic carbocycles. The maximum atomic E-state index is 12.3. The van der Waals surface area contributed by atoms with Gasteiger partial charge in [-0.15, -0.1) is 0 Å². The summed E-state index contributed by atoms with van der Waals surface area (Å²) in [5, 5.41) is 12.4. The zero-order chi connectivity index (χ0) is 14.8. The van der Waals surface area contributed by atoms with Gasteiger partial charge in [-0.1, -0.05) is 19.8 Å². The second-order valence-corrected chi connectivity index (χ2v) is 6.81. The highest BCUT2D eigenvalue weighted by atomic mass is 16.4. The molecule has 3 unspecified atom stereocenters. The van der Waals surface area contributed by atoms with Crippen LogP contribution in [-0.4, -0.2) is 41.1 Å². The molecule has 0 aromatic heterocycles. The van der Waals surface area contributed by atoms with Gasteiger partial charge in [-0.3, -0.25) is 4.79 Å². The van der Waals surface area contributed by atoms with E-state index in [1.54, 1.807) is 11.8 Å². The lowest BCUT2D eigenvalue weighted by Crippen LogP contribution is -2.53. The van der Waals surface area contributed by atoms with Gasteiger partial charge in [0.15, 0.2) is 0 Å². The highest BCUT2D eigenvalue weighted by Gasteiger charge is 2.39. The molecule has 0 aromatic carbocycles. The minimum Gasteiger partial charge on any atom is -0.481 e. The molecule has 114 valence electrons. The van der Waals surface area contributed by atoms with Gasteiger partial charge in [-0.05, 0) is 38.5 Å². The molecule has 2 rings (SSSR count). The smallest absolute Gasteiger partial charge is 0.317 e. The summed E-state index contributed by atoms with van der Waals surface area (Å²) in [7, 11) is 0. The molecule has 0 bridgehead atoms. The van der Waals surface area contributed by atoms with Crippen molar-refractivity contribution >= 4 is 12.0 Å². The quantitative estimate of drug-likeness (QED) is 0.817. The van der Waals surface area contributed by atoms with E-state index in [1.807, 2.05) is 0 Å². The summed E-state index contributed by atoms with van der Waals surface area (Å²) in [6, 6.07) is 0.167. The van der Waals surface area contributed by atoms with Crippen molar-refractivity contribution in [3.05, 3.63) is 0 Å². The summed E-state index contributed by atoms with van der Waals surface area (Å²) in [6.07, 6.45) is 5.89. The first-order chi connectivity index (χ1) is 9.40. The molecule has 2 fully saturated rings. The molecular formula is C15H26N2O3. The number of carboxylic acid groups (broad SMARTS) is 1. The topological polar surface area (TPSA) is 69.6 Å². The Kier molecular flexibility index (Phi) is 4.55. The van der Waals surface area contributed by atoms with Gasteiger partial charge in [0.25, 0.3) is 0 Å². The number of nitrogens with zero attached hydrogens (tertiary/aromatic N) is 1. The predicted octanol–water partition coefficient (Wildman–Crippen LogP) is 2.46. The molecule has 5 nitrogen and oxygen atoms in total. The monoisotopic (exact) mass is 282 g/mol. The number of hydrogen-bond acceptors (Lipinski definition) is 2. The number of aliphatic carboxylic acids is 1. The van der Waals surface area contributed by atoms with Crippen LogP contribution in [0.15, 0.2) is 0 Å². The molecule has 2 N–H and O–H groups in total. The Balaban J connectivity index is 1.90. The van der Waals surface area contributed by atoms with E-state index in [0.717, 1.165) is 19.3 Å². The minimum atomic E-state index is -0.804. The average Bonchev–Trinajstić information content (AvgIpc) is 2.38. The normalized spacial score (nSPS) is 34.6. The van der Waals surface area contributed by atoms with Gasteiger partial charge in [-0.2, -0.15) is 0 Å². The molecule has 0 aromatic rings. The first-order valence-corrected chi connectivity index (χ1v) is 7.69. The second kappa shape index (κ2) is 6.02. The molecule has 1 aliphatic heterocycles. The molecule has 2 aliphatic rings. The van der Waals surface area contributed by atoms with E-state index in [2.05, 4.69) is 12.2 Å². The Morgan fingerprint density at radius 2 is 2.05 bits per heavy atom. The van der Waals surface area contributed by atoms with Crippen LogP contribution < -0.4 is 5.32 Å². The minimum absolute atomic E-state index is 0.0868. The van der Waals surface area contributed by atoms with E-state index in [1.165, 1.54) is 12.8 Å². The van der Waals surface area contributed by atoms with Crippen molar-refractivity contribution in [3.63, 3.8) is 0 Å². The van der Waals surface area contributed by atoms with Gasteiger partial charge in [0, 0.05) is 19.1 Å². The van der Waals surface area contributed by atoms with Crippen LogP contribution in [0.4, 0.5) is 4.79 Å².